The van der Waals surface area contributed by atoms with Crippen LogP contribution in [-0.4, -0.2) is 76.1 Å². The van der Waals surface area contributed by atoms with E-state index in [0.717, 1.165) is 38.6 Å². The summed E-state index contributed by atoms with van der Waals surface area (Å²) in [6, 6.07) is 0. The molecule has 0 amide bonds. The Kier molecular flexibility index (Phi) is 27.9. The smallest absolute Gasteiger partial charge is 0.308 e. The molecule has 0 heterocycles. The van der Waals surface area contributed by atoms with Gasteiger partial charge in [0, 0.05) is 6.54 Å². The highest BCUT2D eigenvalue weighted by molar-refractivity contribution is 5.69. The zero-order valence-electron chi connectivity index (χ0n) is 25.4. The first kappa shape index (κ1) is 36.8. The van der Waals surface area contributed by atoms with Crippen LogP contribution >= 0.6 is 0 Å². The third-order valence-electron chi connectivity index (χ3n) is 6.56. The Morgan fingerprint density at radius 3 is 1.58 bits per heavy atom. The van der Waals surface area contributed by atoms with Crippen molar-refractivity contribution in [2.45, 2.75) is 136 Å². The topological polar surface area (TPSA) is 74.3 Å². The number of esters is 2. The van der Waals surface area contributed by atoms with Crippen LogP contribution in [0.2, 0.25) is 0 Å². The number of ether oxygens (including phenoxy) is 4. The molecule has 38 heavy (non-hydrogen) atoms. The Bertz CT molecular complexity index is 530. The molecule has 1 unspecified atom stereocenters. The lowest BCUT2D eigenvalue weighted by Gasteiger charge is -2.24. The van der Waals surface area contributed by atoms with E-state index in [1.54, 1.807) is 0 Å². The van der Waals surface area contributed by atoms with Crippen molar-refractivity contribution in [1.29, 1.82) is 0 Å². The highest BCUT2D eigenvalue weighted by atomic mass is 16.6. The lowest BCUT2D eigenvalue weighted by atomic mass is 10.1. The number of likely N-dealkylation sites (N-methyl/N-ethyl adjacent to an activating group) is 1. The fraction of sp³-hybridized carbons (Fsp3) is 0.935. The molecule has 0 aliphatic rings. The molecule has 0 aliphatic heterocycles. The van der Waals surface area contributed by atoms with Crippen molar-refractivity contribution in [1.82, 2.24) is 4.90 Å². The molecule has 0 rings (SSSR count). The Hall–Kier alpha value is -1.18. The zero-order chi connectivity index (χ0) is 28.1. The number of carbonyl (C=O) groups excluding carboxylic acids is 2. The molecule has 0 saturated carbocycles. The summed E-state index contributed by atoms with van der Waals surface area (Å²) in [5.41, 5.74) is 0. The average Bonchev–Trinajstić information content (AvgIpc) is 2.89. The second kappa shape index (κ2) is 28.8. The Balaban J connectivity index is 3.99. The van der Waals surface area contributed by atoms with Gasteiger partial charge in [0.1, 0.15) is 0 Å². The number of nitrogens with zero attached hydrogens (tertiary/aromatic N) is 1. The first-order chi connectivity index (χ1) is 18.5. The summed E-state index contributed by atoms with van der Waals surface area (Å²) in [6.45, 7) is 10.3. The van der Waals surface area contributed by atoms with Gasteiger partial charge in [-0.3, -0.25) is 9.59 Å². The molecule has 7 nitrogen and oxygen atoms in total. The first-order valence-electron chi connectivity index (χ1n) is 15.7. The van der Waals surface area contributed by atoms with Crippen LogP contribution in [0.15, 0.2) is 0 Å². The van der Waals surface area contributed by atoms with Gasteiger partial charge in [-0.05, 0) is 32.9 Å². The monoisotopic (exact) mass is 543 g/mol. The summed E-state index contributed by atoms with van der Waals surface area (Å²) in [5, 5.41) is 0. The van der Waals surface area contributed by atoms with E-state index in [1.807, 2.05) is 0 Å². The molecule has 0 aromatic rings. The minimum Gasteiger partial charge on any atom is -0.466 e. The van der Waals surface area contributed by atoms with Crippen molar-refractivity contribution in [2.75, 3.05) is 53.2 Å². The van der Waals surface area contributed by atoms with E-state index < -0.39 is 0 Å². The molecule has 0 aliphatic carbocycles. The standard InChI is InChI=1S/C31H61NO6/c1-5-8-10-12-14-16-18-23-37-30(33)20-25-35-28-29(27-32(4)22-7-3)36-26-21-31(34)38-24-19-17-15-13-11-9-6-2/h29H,5-28H2,1-4H3. The molecule has 7 heteroatoms. The van der Waals surface area contributed by atoms with Gasteiger partial charge in [-0.1, -0.05) is 97.8 Å². The zero-order valence-corrected chi connectivity index (χ0v) is 25.4. The largest absolute Gasteiger partial charge is 0.466 e. The van der Waals surface area contributed by atoms with E-state index in [1.165, 1.54) is 64.2 Å². The maximum absolute atomic E-state index is 12.0. The molecule has 0 spiro atoms. The van der Waals surface area contributed by atoms with Crippen molar-refractivity contribution >= 4 is 11.9 Å². The summed E-state index contributed by atoms with van der Waals surface area (Å²) in [6.07, 6.45) is 18.2. The van der Waals surface area contributed by atoms with Crippen LogP contribution in [0, 0.1) is 0 Å². The van der Waals surface area contributed by atoms with Gasteiger partial charge in [0.15, 0.2) is 0 Å². The van der Waals surface area contributed by atoms with Crippen LogP contribution in [0.4, 0.5) is 0 Å². The SMILES string of the molecule is CCCCCCCCCOC(=O)CCOCC(CN(C)CCC)OCCC(=O)OCCCCCCCCC. The van der Waals surface area contributed by atoms with Gasteiger partial charge in [-0.15, -0.1) is 0 Å². The molecular formula is C31H61NO6. The number of hydrogen-bond donors (Lipinski definition) is 0. The third kappa shape index (κ3) is 26.4. The Morgan fingerprint density at radius 2 is 1.08 bits per heavy atom. The highest BCUT2D eigenvalue weighted by Gasteiger charge is 2.14. The molecule has 226 valence electrons. The van der Waals surface area contributed by atoms with Gasteiger partial charge in [0.05, 0.1) is 52.0 Å². The van der Waals surface area contributed by atoms with Gasteiger partial charge < -0.3 is 23.8 Å². The van der Waals surface area contributed by atoms with Gasteiger partial charge in [-0.25, -0.2) is 0 Å². The van der Waals surface area contributed by atoms with Gasteiger partial charge in [0.25, 0.3) is 0 Å². The van der Waals surface area contributed by atoms with E-state index in [4.69, 9.17) is 18.9 Å². The van der Waals surface area contributed by atoms with Crippen molar-refractivity contribution in [3.63, 3.8) is 0 Å². The fourth-order valence-electron chi connectivity index (χ4n) is 4.29. The second-order valence-corrected chi connectivity index (χ2v) is 10.5. The normalized spacial score (nSPS) is 12.1. The highest BCUT2D eigenvalue weighted by Crippen LogP contribution is 2.08. The van der Waals surface area contributed by atoms with Crippen molar-refractivity contribution in [3.8, 4) is 0 Å². The number of hydrogen-bond acceptors (Lipinski definition) is 7. The molecule has 0 saturated heterocycles. The van der Waals surface area contributed by atoms with Crippen LogP contribution in [0.3, 0.4) is 0 Å². The van der Waals surface area contributed by atoms with Crippen molar-refractivity contribution in [3.05, 3.63) is 0 Å². The summed E-state index contributed by atoms with van der Waals surface area (Å²) in [5.74, 6) is -0.415. The van der Waals surface area contributed by atoms with Gasteiger partial charge >= 0.3 is 11.9 Å². The molecule has 0 aromatic heterocycles. The Labute approximate surface area is 234 Å². The maximum atomic E-state index is 12.0. The van der Waals surface area contributed by atoms with Crippen LogP contribution in [0.1, 0.15) is 130 Å². The minimum atomic E-state index is -0.208. The quantitative estimate of drug-likeness (QED) is 0.0736. The molecule has 0 bridgehead atoms. The van der Waals surface area contributed by atoms with Crippen LogP contribution in [0.25, 0.3) is 0 Å². The summed E-state index contributed by atoms with van der Waals surface area (Å²) in [7, 11) is 2.05. The Morgan fingerprint density at radius 1 is 0.605 bits per heavy atom. The summed E-state index contributed by atoms with van der Waals surface area (Å²) < 4.78 is 22.4. The molecule has 0 radical (unpaired) electrons. The lowest BCUT2D eigenvalue weighted by Crippen LogP contribution is -2.35. The number of carbonyl (C=O) groups is 2. The average molecular weight is 544 g/mol. The van der Waals surface area contributed by atoms with Gasteiger partial charge in [0.2, 0.25) is 0 Å². The van der Waals surface area contributed by atoms with E-state index in [0.29, 0.717) is 39.6 Å². The van der Waals surface area contributed by atoms with Crippen LogP contribution < -0.4 is 0 Å². The minimum absolute atomic E-state index is 0.161. The van der Waals surface area contributed by atoms with Crippen LogP contribution in [-0.2, 0) is 28.5 Å². The van der Waals surface area contributed by atoms with Crippen LogP contribution in [0.5, 0.6) is 0 Å². The summed E-state index contributed by atoms with van der Waals surface area (Å²) >= 11 is 0. The summed E-state index contributed by atoms with van der Waals surface area (Å²) in [4.78, 5) is 26.2. The van der Waals surface area contributed by atoms with E-state index in [9.17, 15) is 9.59 Å². The van der Waals surface area contributed by atoms with E-state index in [-0.39, 0.29) is 30.9 Å². The molecule has 1 atom stereocenters. The predicted molar refractivity (Wildman–Crippen MR) is 155 cm³/mol. The third-order valence-corrected chi connectivity index (χ3v) is 6.56. The predicted octanol–water partition coefficient (Wildman–Crippen LogP) is 7.10. The maximum Gasteiger partial charge on any atom is 0.308 e. The number of rotatable bonds is 29. The van der Waals surface area contributed by atoms with E-state index >= 15 is 0 Å². The second-order valence-electron chi connectivity index (χ2n) is 10.5. The molecule has 0 fully saturated rings. The first-order valence-corrected chi connectivity index (χ1v) is 15.7. The molecule has 0 aromatic carbocycles. The van der Waals surface area contributed by atoms with Gasteiger partial charge in [-0.2, -0.15) is 0 Å². The number of unbranched alkanes of at least 4 members (excludes halogenated alkanes) is 12. The van der Waals surface area contributed by atoms with E-state index in [2.05, 4.69) is 32.7 Å². The van der Waals surface area contributed by atoms with Crippen molar-refractivity contribution < 1.29 is 28.5 Å². The lowest BCUT2D eigenvalue weighted by molar-refractivity contribution is -0.147. The molecular weight excluding hydrogens is 482 g/mol. The van der Waals surface area contributed by atoms with Crippen molar-refractivity contribution in [2.24, 2.45) is 0 Å². The fourth-order valence-corrected chi connectivity index (χ4v) is 4.29. The molecule has 0 N–H and O–H groups in total.